The first-order chi connectivity index (χ1) is 8.56. The number of benzene rings is 1. The van der Waals surface area contributed by atoms with E-state index >= 15 is 0 Å². The Labute approximate surface area is 106 Å². The Kier molecular flexibility index (Phi) is 3.23. The maximum Gasteiger partial charge on any atom is 0.304 e. The van der Waals surface area contributed by atoms with Crippen molar-refractivity contribution >= 4 is 10.9 Å². The number of aromatic nitrogens is 2. The number of rotatable bonds is 3. The van der Waals surface area contributed by atoms with Crippen molar-refractivity contribution in [2.24, 2.45) is 0 Å². The molecule has 0 saturated heterocycles. The van der Waals surface area contributed by atoms with Gasteiger partial charge in [0.25, 0.3) is 0 Å². The largest absolute Gasteiger partial charge is 0.711 e. The highest BCUT2D eigenvalue weighted by Gasteiger charge is 2.17. The lowest BCUT2D eigenvalue weighted by Crippen LogP contribution is -2.33. The van der Waals surface area contributed by atoms with Crippen LogP contribution >= 0.6 is 0 Å². The van der Waals surface area contributed by atoms with Crippen molar-refractivity contribution in [1.82, 2.24) is 4.98 Å². The molecule has 0 aliphatic heterocycles. The summed E-state index contributed by atoms with van der Waals surface area (Å²) in [4.78, 5) is 4.37. The highest BCUT2D eigenvalue weighted by Crippen LogP contribution is 2.31. The predicted octanol–water partition coefficient (Wildman–Crippen LogP) is 2.01. The first-order valence-corrected chi connectivity index (χ1v) is 5.72. The molecule has 0 radical (unpaired) electrons. The molecule has 0 aliphatic rings. The number of ether oxygens (including phenoxy) is 2. The Hall–Kier alpha value is -2.04. The van der Waals surface area contributed by atoms with Gasteiger partial charge in [-0.1, -0.05) is 13.8 Å². The van der Waals surface area contributed by atoms with E-state index in [2.05, 4.69) is 4.98 Å². The molecule has 0 bridgehead atoms. The topological polar surface area (TPSA) is 58.3 Å². The van der Waals surface area contributed by atoms with Crippen LogP contribution in [0.15, 0.2) is 18.3 Å². The zero-order chi connectivity index (χ0) is 13.3. The molecule has 2 rings (SSSR count). The van der Waals surface area contributed by atoms with Gasteiger partial charge in [-0.3, -0.25) is 0 Å². The van der Waals surface area contributed by atoms with Gasteiger partial charge in [0.15, 0.2) is 17.0 Å². The summed E-state index contributed by atoms with van der Waals surface area (Å²) in [5.74, 6) is 1.76. The summed E-state index contributed by atoms with van der Waals surface area (Å²) in [6.45, 7) is 3.87. The molecule has 5 heteroatoms. The van der Waals surface area contributed by atoms with Gasteiger partial charge in [0, 0.05) is 6.07 Å². The van der Waals surface area contributed by atoms with E-state index in [0.29, 0.717) is 17.3 Å². The Morgan fingerprint density at radius 2 is 1.78 bits per heavy atom. The van der Waals surface area contributed by atoms with Crippen LogP contribution in [0.5, 0.6) is 11.5 Å². The van der Waals surface area contributed by atoms with Crippen molar-refractivity contribution in [3.63, 3.8) is 0 Å². The Morgan fingerprint density at radius 1 is 1.17 bits per heavy atom. The van der Waals surface area contributed by atoms with Gasteiger partial charge in [-0.15, -0.1) is 0 Å². The molecule has 5 nitrogen and oxygen atoms in total. The van der Waals surface area contributed by atoms with Crippen molar-refractivity contribution in [1.29, 1.82) is 0 Å². The van der Waals surface area contributed by atoms with Crippen molar-refractivity contribution in [3.05, 3.63) is 29.4 Å². The zero-order valence-corrected chi connectivity index (χ0v) is 10.9. The summed E-state index contributed by atoms with van der Waals surface area (Å²) >= 11 is 0. The summed E-state index contributed by atoms with van der Waals surface area (Å²) in [5.41, 5.74) is 0.725. The first kappa shape index (κ1) is 12.4. The standard InChI is InChI=1S/C13H16N2O3/c1-8(2)13-14-10-6-12(18-4)11(17-3)5-9(10)7-15(13)16/h5-8H,1-4H3. The van der Waals surface area contributed by atoms with Crippen LogP contribution in [0.3, 0.4) is 0 Å². The third-order valence-corrected chi connectivity index (χ3v) is 2.77. The van der Waals surface area contributed by atoms with E-state index in [1.807, 2.05) is 13.8 Å². The van der Waals surface area contributed by atoms with E-state index in [0.717, 1.165) is 15.6 Å². The lowest BCUT2D eigenvalue weighted by Gasteiger charge is -2.11. The molecular formula is C13H16N2O3. The Balaban J connectivity index is 2.70. The molecule has 0 aliphatic carbocycles. The number of hydrogen-bond acceptors (Lipinski definition) is 4. The molecule has 0 amide bonds. The highest BCUT2D eigenvalue weighted by atomic mass is 16.5. The van der Waals surface area contributed by atoms with E-state index in [1.165, 1.54) is 6.20 Å². The minimum absolute atomic E-state index is 0.0694. The maximum absolute atomic E-state index is 11.8. The van der Waals surface area contributed by atoms with E-state index in [9.17, 15) is 5.21 Å². The number of methoxy groups -OCH3 is 2. The quantitative estimate of drug-likeness (QED) is 0.616. The fourth-order valence-electron chi connectivity index (χ4n) is 1.83. The van der Waals surface area contributed by atoms with Gasteiger partial charge < -0.3 is 14.7 Å². The fourth-order valence-corrected chi connectivity index (χ4v) is 1.83. The number of hydrogen-bond donors (Lipinski definition) is 0. The second-order valence-corrected chi connectivity index (χ2v) is 4.35. The average molecular weight is 248 g/mol. The summed E-state index contributed by atoms with van der Waals surface area (Å²) < 4.78 is 11.2. The van der Waals surface area contributed by atoms with E-state index in [1.54, 1.807) is 26.4 Å². The summed E-state index contributed by atoms with van der Waals surface area (Å²) in [6.07, 6.45) is 1.51. The fraction of sp³-hybridized carbons (Fsp3) is 0.385. The van der Waals surface area contributed by atoms with Gasteiger partial charge in [-0.05, 0) is 11.1 Å². The summed E-state index contributed by atoms with van der Waals surface area (Å²) in [6, 6.07) is 3.53. The van der Waals surface area contributed by atoms with Gasteiger partial charge in [-0.2, -0.15) is 0 Å². The van der Waals surface area contributed by atoms with Crippen LogP contribution in [0.1, 0.15) is 25.6 Å². The third-order valence-electron chi connectivity index (χ3n) is 2.77. The molecule has 1 aromatic carbocycles. The highest BCUT2D eigenvalue weighted by molar-refractivity contribution is 5.81. The lowest BCUT2D eigenvalue weighted by molar-refractivity contribution is -0.617. The van der Waals surface area contributed by atoms with Crippen LogP contribution < -0.4 is 14.2 Å². The molecule has 0 N–H and O–H groups in total. The van der Waals surface area contributed by atoms with Crippen LogP contribution in [0.4, 0.5) is 0 Å². The first-order valence-electron chi connectivity index (χ1n) is 5.72. The van der Waals surface area contributed by atoms with E-state index < -0.39 is 0 Å². The van der Waals surface area contributed by atoms with Gasteiger partial charge >= 0.3 is 5.82 Å². The Morgan fingerprint density at radius 3 is 2.33 bits per heavy atom. The summed E-state index contributed by atoms with van der Waals surface area (Å²) in [7, 11) is 3.13. The molecule has 0 unspecified atom stereocenters. The van der Waals surface area contributed by atoms with Crippen LogP contribution in [0, 0.1) is 5.21 Å². The van der Waals surface area contributed by atoms with Crippen molar-refractivity contribution in [2.45, 2.75) is 19.8 Å². The van der Waals surface area contributed by atoms with Crippen LogP contribution in [-0.2, 0) is 0 Å². The number of nitrogens with zero attached hydrogens (tertiary/aromatic N) is 2. The molecular weight excluding hydrogens is 232 g/mol. The van der Waals surface area contributed by atoms with Crippen LogP contribution in [0.25, 0.3) is 10.9 Å². The normalized spacial score (nSPS) is 10.9. The monoisotopic (exact) mass is 248 g/mol. The molecule has 1 aromatic heterocycles. The second-order valence-electron chi connectivity index (χ2n) is 4.35. The van der Waals surface area contributed by atoms with Crippen molar-refractivity contribution < 1.29 is 14.2 Å². The SMILES string of the molecule is COc1cc2c[n+]([O-])c(C(C)C)nc2cc1OC. The van der Waals surface area contributed by atoms with Crippen molar-refractivity contribution in [2.75, 3.05) is 14.2 Å². The van der Waals surface area contributed by atoms with Gasteiger partial charge in [0.2, 0.25) is 0 Å². The van der Waals surface area contributed by atoms with Crippen LogP contribution in [-0.4, -0.2) is 19.2 Å². The molecule has 0 fully saturated rings. The molecule has 2 aromatic rings. The van der Waals surface area contributed by atoms with Gasteiger partial charge in [-0.25, -0.2) is 4.73 Å². The minimum Gasteiger partial charge on any atom is -0.711 e. The molecule has 96 valence electrons. The molecule has 0 saturated carbocycles. The smallest absolute Gasteiger partial charge is 0.304 e. The Bertz CT molecular complexity index is 582. The maximum atomic E-state index is 11.8. The zero-order valence-electron chi connectivity index (χ0n) is 10.9. The molecule has 0 atom stereocenters. The van der Waals surface area contributed by atoms with E-state index in [-0.39, 0.29) is 5.92 Å². The van der Waals surface area contributed by atoms with Gasteiger partial charge in [0.1, 0.15) is 6.20 Å². The molecule has 0 spiro atoms. The van der Waals surface area contributed by atoms with E-state index in [4.69, 9.17) is 9.47 Å². The lowest BCUT2D eigenvalue weighted by atomic mass is 10.1. The molecule has 18 heavy (non-hydrogen) atoms. The van der Waals surface area contributed by atoms with Crippen molar-refractivity contribution in [3.8, 4) is 11.5 Å². The average Bonchev–Trinajstić information content (AvgIpc) is 2.36. The predicted molar refractivity (Wildman–Crippen MR) is 67.9 cm³/mol. The molecule has 1 heterocycles. The second kappa shape index (κ2) is 4.68. The summed E-state index contributed by atoms with van der Waals surface area (Å²) in [5, 5.41) is 12.5. The van der Waals surface area contributed by atoms with Gasteiger partial charge in [0.05, 0.1) is 25.5 Å². The third kappa shape index (κ3) is 2.03. The number of fused-ring (bicyclic) bond motifs is 1. The minimum atomic E-state index is 0.0694. The van der Waals surface area contributed by atoms with Crippen LogP contribution in [0.2, 0.25) is 0 Å².